The van der Waals surface area contributed by atoms with E-state index in [4.69, 9.17) is 0 Å². The number of likely N-dealkylation sites (N-methyl/N-ethyl adjacent to an activating group) is 1. The van der Waals surface area contributed by atoms with Crippen LogP contribution in [-0.4, -0.2) is 12.6 Å². The van der Waals surface area contributed by atoms with Gasteiger partial charge in [-0.15, -0.1) is 0 Å². The molecular formula is C12H25N. The van der Waals surface area contributed by atoms with Gasteiger partial charge in [0, 0.05) is 6.04 Å². The van der Waals surface area contributed by atoms with Gasteiger partial charge in [-0.05, 0) is 26.3 Å². The minimum atomic E-state index is 0.574. The molecule has 1 unspecified atom stereocenters. The first-order valence-electron chi connectivity index (χ1n) is 5.54. The second-order valence-electron chi connectivity index (χ2n) is 3.90. The van der Waals surface area contributed by atoms with Gasteiger partial charge >= 0.3 is 0 Å². The Hall–Kier alpha value is -0.300. The van der Waals surface area contributed by atoms with E-state index in [1.165, 1.54) is 18.4 Å². The Balaban J connectivity index is 4.29. The van der Waals surface area contributed by atoms with Crippen LogP contribution in [-0.2, 0) is 0 Å². The van der Waals surface area contributed by atoms with Gasteiger partial charge in [-0.1, -0.05) is 45.3 Å². The van der Waals surface area contributed by atoms with Crippen molar-refractivity contribution in [1.29, 1.82) is 0 Å². The highest BCUT2D eigenvalue weighted by Gasteiger charge is 2.14. The predicted molar refractivity (Wildman–Crippen MR) is 61.0 cm³/mol. The molecule has 0 aliphatic heterocycles. The van der Waals surface area contributed by atoms with Crippen LogP contribution >= 0.6 is 0 Å². The molecule has 0 aromatic heterocycles. The van der Waals surface area contributed by atoms with Gasteiger partial charge in [-0.25, -0.2) is 0 Å². The molecule has 1 heteroatoms. The van der Waals surface area contributed by atoms with Crippen molar-refractivity contribution in [2.75, 3.05) is 6.54 Å². The summed E-state index contributed by atoms with van der Waals surface area (Å²) in [5, 5.41) is 3.54. The number of rotatable bonds is 6. The quantitative estimate of drug-likeness (QED) is 0.623. The summed E-state index contributed by atoms with van der Waals surface area (Å²) in [7, 11) is 0. The van der Waals surface area contributed by atoms with Crippen molar-refractivity contribution in [3.05, 3.63) is 11.6 Å². The van der Waals surface area contributed by atoms with Crippen LogP contribution in [0.2, 0.25) is 0 Å². The minimum Gasteiger partial charge on any atom is -0.311 e. The van der Waals surface area contributed by atoms with Crippen molar-refractivity contribution in [3.63, 3.8) is 0 Å². The Morgan fingerprint density at radius 1 is 1.15 bits per heavy atom. The van der Waals surface area contributed by atoms with Crippen molar-refractivity contribution in [3.8, 4) is 0 Å². The summed E-state index contributed by atoms with van der Waals surface area (Å²) >= 11 is 0. The summed E-state index contributed by atoms with van der Waals surface area (Å²) in [6.07, 6.45) is 4.89. The Morgan fingerprint density at radius 2 is 1.69 bits per heavy atom. The number of nitrogens with one attached hydrogen (secondary N) is 1. The van der Waals surface area contributed by atoms with Crippen LogP contribution < -0.4 is 5.32 Å². The van der Waals surface area contributed by atoms with E-state index < -0.39 is 0 Å². The zero-order chi connectivity index (χ0) is 10.3. The van der Waals surface area contributed by atoms with Crippen LogP contribution in [0.1, 0.15) is 47.5 Å². The maximum Gasteiger partial charge on any atom is 0.0280 e. The first-order valence-corrected chi connectivity index (χ1v) is 5.54. The maximum absolute atomic E-state index is 3.54. The smallest absolute Gasteiger partial charge is 0.0280 e. The van der Waals surface area contributed by atoms with E-state index in [1.54, 1.807) is 0 Å². The third-order valence-electron chi connectivity index (χ3n) is 2.51. The molecule has 0 aromatic rings. The largest absolute Gasteiger partial charge is 0.311 e. The number of hydrogen-bond acceptors (Lipinski definition) is 1. The van der Waals surface area contributed by atoms with Gasteiger partial charge in [-0.2, -0.15) is 0 Å². The van der Waals surface area contributed by atoms with Gasteiger partial charge in [0.25, 0.3) is 0 Å². The summed E-state index contributed by atoms with van der Waals surface area (Å²) in [5.41, 5.74) is 1.41. The van der Waals surface area contributed by atoms with Crippen molar-refractivity contribution in [1.82, 2.24) is 5.32 Å². The molecule has 78 valence electrons. The summed E-state index contributed by atoms with van der Waals surface area (Å²) in [6, 6.07) is 0.574. The van der Waals surface area contributed by atoms with Gasteiger partial charge < -0.3 is 5.32 Å². The molecule has 0 radical (unpaired) electrons. The van der Waals surface area contributed by atoms with Crippen LogP contribution in [0.15, 0.2) is 11.6 Å². The fourth-order valence-electron chi connectivity index (χ4n) is 1.75. The third kappa shape index (κ3) is 5.09. The van der Waals surface area contributed by atoms with E-state index >= 15 is 0 Å². The molecule has 0 bridgehead atoms. The molecule has 0 aliphatic carbocycles. The van der Waals surface area contributed by atoms with Gasteiger partial charge in [-0.3, -0.25) is 0 Å². The van der Waals surface area contributed by atoms with Gasteiger partial charge in [0.1, 0.15) is 0 Å². The molecule has 1 atom stereocenters. The first kappa shape index (κ1) is 12.7. The molecule has 0 aliphatic rings. The fourth-order valence-corrected chi connectivity index (χ4v) is 1.75. The molecule has 0 heterocycles. The van der Waals surface area contributed by atoms with Crippen LogP contribution in [0.25, 0.3) is 0 Å². The molecule has 13 heavy (non-hydrogen) atoms. The van der Waals surface area contributed by atoms with E-state index in [0.717, 1.165) is 12.5 Å². The van der Waals surface area contributed by atoms with Gasteiger partial charge in [0.2, 0.25) is 0 Å². The highest BCUT2D eigenvalue weighted by molar-refractivity contribution is 5.02. The third-order valence-corrected chi connectivity index (χ3v) is 2.51. The summed E-state index contributed by atoms with van der Waals surface area (Å²) < 4.78 is 0. The Morgan fingerprint density at radius 3 is 2.00 bits per heavy atom. The number of hydrogen-bond donors (Lipinski definition) is 1. The normalized spacial score (nSPS) is 13.1. The molecule has 0 saturated heterocycles. The zero-order valence-electron chi connectivity index (χ0n) is 9.85. The monoisotopic (exact) mass is 183 g/mol. The highest BCUT2D eigenvalue weighted by atomic mass is 14.9. The van der Waals surface area contributed by atoms with Crippen molar-refractivity contribution >= 4 is 0 Å². The summed E-state index contributed by atoms with van der Waals surface area (Å²) in [5.74, 6) is 0.787. The van der Waals surface area contributed by atoms with Gasteiger partial charge in [0.05, 0.1) is 0 Å². The van der Waals surface area contributed by atoms with Crippen molar-refractivity contribution in [2.24, 2.45) is 5.92 Å². The average Bonchev–Trinajstić information content (AvgIpc) is 2.05. The zero-order valence-corrected chi connectivity index (χ0v) is 9.85. The van der Waals surface area contributed by atoms with Crippen LogP contribution in [0.5, 0.6) is 0 Å². The van der Waals surface area contributed by atoms with Crippen LogP contribution in [0, 0.1) is 5.92 Å². The standard InChI is InChI=1S/C12H25N/c1-6-11(7-2)12(13-8-3)9-10(4)5/h9,11-13H,6-8H2,1-5H3. The lowest BCUT2D eigenvalue weighted by Crippen LogP contribution is -2.34. The van der Waals surface area contributed by atoms with E-state index in [2.05, 4.69) is 46.0 Å². The average molecular weight is 183 g/mol. The highest BCUT2D eigenvalue weighted by Crippen LogP contribution is 2.15. The summed E-state index contributed by atoms with van der Waals surface area (Å²) in [4.78, 5) is 0. The van der Waals surface area contributed by atoms with Crippen LogP contribution in [0.4, 0.5) is 0 Å². The maximum atomic E-state index is 3.54. The first-order chi connectivity index (χ1) is 6.15. The van der Waals surface area contributed by atoms with Crippen LogP contribution in [0.3, 0.4) is 0 Å². The fraction of sp³-hybridized carbons (Fsp3) is 0.833. The molecule has 0 spiro atoms. The van der Waals surface area contributed by atoms with E-state index in [-0.39, 0.29) is 0 Å². The predicted octanol–water partition coefficient (Wildman–Crippen LogP) is 3.37. The Bertz CT molecular complexity index is 141. The lowest BCUT2D eigenvalue weighted by Gasteiger charge is -2.23. The molecule has 0 fully saturated rings. The molecule has 1 nitrogen and oxygen atoms in total. The van der Waals surface area contributed by atoms with E-state index in [1.807, 2.05) is 0 Å². The number of allylic oxidation sites excluding steroid dienone is 1. The molecule has 0 amide bonds. The SMILES string of the molecule is CCNC(C=C(C)C)C(CC)CC. The van der Waals surface area contributed by atoms with Gasteiger partial charge in [0.15, 0.2) is 0 Å². The molecule has 0 rings (SSSR count). The molecule has 0 aromatic carbocycles. The second-order valence-corrected chi connectivity index (χ2v) is 3.90. The van der Waals surface area contributed by atoms with E-state index in [9.17, 15) is 0 Å². The molecular weight excluding hydrogens is 158 g/mol. The lowest BCUT2D eigenvalue weighted by molar-refractivity contribution is 0.388. The Kier molecular flexibility index (Phi) is 6.97. The second kappa shape index (κ2) is 7.14. The van der Waals surface area contributed by atoms with E-state index in [0.29, 0.717) is 6.04 Å². The summed E-state index contributed by atoms with van der Waals surface area (Å²) in [6.45, 7) is 12.1. The Labute approximate surface area is 83.6 Å². The minimum absolute atomic E-state index is 0.574. The van der Waals surface area contributed by atoms with Crippen molar-refractivity contribution < 1.29 is 0 Å². The van der Waals surface area contributed by atoms with Crippen molar-refractivity contribution in [2.45, 2.75) is 53.5 Å². The topological polar surface area (TPSA) is 12.0 Å². The lowest BCUT2D eigenvalue weighted by atomic mass is 9.93. The molecule has 1 N–H and O–H groups in total. The molecule has 0 saturated carbocycles.